The lowest BCUT2D eigenvalue weighted by molar-refractivity contribution is 1.13. The van der Waals surface area contributed by atoms with Crippen molar-refractivity contribution in [1.82, 2.24) is 9.13 Å². The fourth-order valence-electron chi connectivity index (χ4n) is 7.59. The Kier molecular flexibility index (Phi) is 5.84. The Labute approximate surface area is 278 Å². The molecule has 1 aliphatic heterocycles. The van der Waals surface area contributed by atoms with Crippen LogP contribution < -0.4 is 9.80 Å². The molecule has 4 nitrogen and oxygen atoms in total. The molecule has 4 heteroatoms. The third-order valence-electron chi connectivity index (χ3n) is 9.63. The maximum absolute atomic E-state index is 2.43. The maximum Gasteiger partial charge on any atom is 0.0703 e. The zero-order valence-corrected chi connectivity index (χ0v) is 26.1. The van der Waals surface area contributed by atoms with E-state index in [0.29, 0.717) is 0 Å². The average molecular weight is 615 g/mol. The number of para-hydroxylation sites is 7. The minimum absolute atomic E-state index is 1.13. The van der Waals surface area contributed by atoms with Gasteiger partial charge in [0.1, 0.15) is 0 Å². The number of aromatic nitrogens is 2. The van der Waals surface area contributed by atoms with Crippen LogP contribution in [-0.4, -0.2) is 9.13 Å². The number of anilines is 6. The predicted octanol–water partition coefficient (Wildman–Crippen LogP) is 12.0. The Morgan fingerprint density at radius 1 is 0.312 bits per heavy atom. The van der Waals surface area contributed by atoms with Crippen molar-refractivity contribution in [3.63, 3.8) is 0 Å². The van der Waals surface area contributed by atoms with Crippen LogP contribution in [-0.2, 0) is 0 Å². The van der Waals surface area contributed by atoms with E-state index in [4.69, 9.17) is 0 Å². The molecule has 0 saturated heterocycles. The van der Waals surface area contributed by atoms with Crippen molar-refractivity contribution in [2.45, 2.75) is 0 Å². The van der Waals surface area contributed by atoms with Gasteiger partial charge in [-0.05, 0) is 91.0 Å². The maximum atomic E-state index is 2.43. The second-order valence-corrected chi connectivity index (χ2v) is 12.3. The van der Waals surface area contributed by atoms with Gasteiger partial charge < -0.3 is 18.9 Å². The van der Waals surface area contributed by atoms with Gasteiger partial charge in [-0.15, -0.1) is 0 Å². The van der Waals surface area contributed by atoms with Gasteiger partial charge in [-0.2, -0.15) is 0 Å². The first-order valence-electron chi connectivity index (χ1n) is 16.4. The summed E-state index contributed by atoms with van der Waals surface area (Å²) < 4.78 is 4.72. The third kappa shape index (κ3) is 3.90. The highest BCUT2D eigenvalue weighted by molar-refractivity contribution is 6.19. The quantitative estimate of drug-likeness (QED) is 0.196. The monoisotopic (exact) mass is 614 g/mol. The summed E-state index contributed by atoms with van der Waals surface area (Å²) in [7, 11) is 0. The fourth-order valence-corrected chi connectivity index (χ4v) is 7.59. The Bertz CT molecular complexity index is 2570. The topological polar surface area (TPSA) is 16.3 Å². The van der Waals surface area contributed by atoms with Crippen molar-refractivity contribution in [1.29, 1.82) is 0 Å². The van der Waals surface area contributed by atoms with E-state index in [9.17, 15) is 0 Å². The Balaban J connectivity index is 1.23. The van der Waals surface area contributed by atoms with Crippen molar-refractivity contribution in [3.05, 3.63) is 182 Å². The van der Waals surface area contributed by atoms with Crippen LogP contribution in [0.15, 0.2) is 182 Å². The highest BCUT2D eigenvalue weighted by Gasteiger charge is 2.30. The number of nitrogens with zero attached hydrogens (tertiary/aromatic N) is 4. The van der Waals surface area contributed by atoms with Crippen molar-refractivity contribution in [3.8, 4) is 11.4 Å². The van der Waals surface area contributed by atoms with E-state index in [-0.39, 0.29) is 0 Å². The van der Waals surface area contributed by atoms with Crippen LogP contribution in [0.2, 0.25) is 0 Å². The molecule has 0 fully saturated rings. The van der Waals surface area contributed by atoms with Gasteiger partial charge in [-0.3, -0.25) is 0 Å². The van der Waals surface area contributed by atoms with E-state index >= 15 is 0 Å². The van der Waals surface area contributed by atoms with E-state index in [0.717, 1.165) is 45.5 Å². The first-order valence-corrected chi connectivity index (χ1v) is 16.4. The first-order chi connectivity index (χ1) is 23.8. The zero-order chi connectivity index (χ0) is 31.6. The van der Waals surface area contributed by atoms with Gasteiger partial charge in [0, 0.05) is 45.1 Å². The standard InChI is InChI=1S/C44H30N4/c1-4-14-31(15-5-1)45-29-28-36-38(45)27-25-35-37-30-34(24-26-39(37)48(44(35)36)33-18-8-3-9-19-33)47-42-22-12-10-20-40(42)46(32-16-6-2-7-17-32)41-21-11-13-23-43(41)47/h1-30H. The summed E-state index contributed by atoms with van der Waals surface area (Å²) in [5, 5.41) is 3.68. The molecule has 48 heavy (non-hydrogen) atoms. The number of rotatable bonds is 4. The second kappa shape index (κ2) is 10.5. The molecule has 226 valence electrons. The molecule has 10 rings (SSSR count). The predicted molar refractivity (Wildman–Crippen MR) is 201 cm³/mol. The zero-order valence-electron chi connectivity index (χ0n) is 26.1. The van der Waals surface area contributed by atoms with Gasteiger partial charge in [0.15, 0.2) is 0 Å². The second-order valence-electron chi connectivity index (χ2n) is 12.3. The van der Waals surface area contributed by atoms with Crippen LogP contribution in [0.5, 0.6) is 0 Å². The number of fused-ring (bicyclic) bond motifs is 7. The Hall–Kier alpha value is -6.52. The van der Waals surface area contributed by atoms with E-state index in [1.807, 2.05) is 0 Å². The van der Waals surface area contributed by atoms with Crippen molar-refractivity contribution in [2.75, 3.05) is 9.80 Å². The van der Waals surface area contributed by atoms with Crippen LogP contribution in [0, 0.1) is 0 Å². The molecular weight excluding hydrogens is 585 g/mol. The summed E-state index contributed by atoms with van der Waals surface area (Å²) in [5.41, 5.74) is 12.8. The van der Waals surface area contributed by atoms with E-state index in [1.165, 1.54) is 32.7 Å². The number of hydrogen-bond donors (Lipinski definition) is 0. The van der Waals surface area contributed by atoms with Crippen molar-refractivity contribution < 1.29 is 0 Å². The van der Waals surface area contributed by atoms with Crippen LogP contribution in [0.1, 0.15) is 0 Å². The summed E-state index contributed by atoms with van der Waals surface area (Å²) in [4.78, 5) is 4.79. The van der Waals surface area contributed by atoms with Gasteiger partial charge in [-0.1, -0.05) is 84.9 Å². The van der Waals surface area contributed by atoms with E-state index < -0.39 is 0 Å². The lowest BCUT2D eigenvalue weighted by atomic mass is 10.0. The molecule has 0 saturated carbocycles. The van der Waals surface area contributed by atoms with Crippen LogP contribution in [0.3, 0.4) is 0 Å². The minimum atomic E-state index is 1.13. The largest absolute Gasteiger partial charge is 0.316 e. The smallest absolute Gasteiger partial charge is 0.0703 e. The van der Waals surface area contributed by atoms with Crippen LogP contribution >= 0.6 is 0 Å². The summed E-state index contributed by atoms with van der Waals surface area (Å²) in [6.45, 7) is 0. The Morgan fingerprint density at radius 3 is 1.42 bits per heavy atom. The minimum Gasteiger partial charge on any atom is -0.316 e. The summed E-state index contributed by atoms with van der Waals surface area (Å²) in [6, 6.07) is 63.2. The molecule has 0 unspecified atom stereocenters. The van der Waals surface area contributed by atoms with Gasteiger partial charge in [0.25, 0.3) is 0 Å². The molecule has 1 aliphatic rings. The van der Waals surface area contributed by atoms with Crippen molar-refractivity contribution in [2.24, 2.45) is 0 Å². The normalized spacial score (nSPS) is 12.5. The fraction of sp³-hybridized carbons (Fsp3) is 0. The molecule has 2 aromatic heterocycles. The average Bonchev–Trinajstić information content (AvgIpc) is 3.74. The molecule has 0 atom stereocenters. The van der Waals surface area contributed by atoms with E-state index in [1.54, 1.807) is 0 Å². The van der Waals surface area contributed by atoms with Gasteiger partial charge in [0.2, 0.25) is 0 Å². The van der Waals surface area contributed by atoms with Crippen molar-refractivity contribution >= 4 is 66.8 Å². The molecule has 0 N–H and O–H groups in total. The molecule has 0 bridgehead atoms. The third-order valence-corrected chi connectivity index (χ3v) is 9.63. The molecule has 0 spiro atoms. The Morgan fingerprint density at radius 2 is 0.812 bits per heavy atom. The molecule has 7 aromatic carbocycles. The molecule has 0 aliphatic carbocycles. The lowest BCUT2D eigenvalue weighted by Gasteiger charge is -2.40. The van der Waals surface area contributed by atoms with E-state index in [2.05, 4.69) is 201 Å². The number of hydrogen-bond acceptors (Lipinski definition) is 2. The molecule has 3 heterocycles. The highest BCUT2D eigenvalue weighted by Crippen LogP contribution is 2.54. The first kappa shape index (κ1) is 26.7. The summed E-state index contributed by atoms with van der Waals surface area (Å²) in [6.07, 6.45) is 2.19. The van der Waals surface area contributed by atoms with Gasteiger partial charge >= 0.3 is 0 Å². The van der Waals surface area contributed by atoms with Gasteiger partial charge in [-0.25, -0.2) is 0 Å². The lowest BCUT2D eigenvalue weighted by Crippen LogP contribution is -2.23. The molecule has 9 aromatic rings. The van der Waals surface area contributed by atoms with Crippen LogP contribution in [0.25, 0.3) is 44.1 Å². The SMILES string of the molecule is c1ccc(N2c3ccccc3N(c3ccc4c(c3)c3ccc5c(ccn5-c5ccccc5)c3n4-c3ccccc3)c3ccccc32)cc1. The summed E-state index contributed by atoms with van der Waals surface area (Å²) in [5.74, 6) is 0. The summed E-state index contributed by atoms with van der Waals surface area (Å²) >= 11 is 0. The van der Waals surface area contributed by atoms with Crippen LogP contribution in [0.4, 0.5) is 34.1 Å². The molecule has 0 radical (unpaired) electrons. The highest BCUT2D eigenvalue weighted by atomic mass is 15.3. The molecular formula is C44H30N4. The van der Waals surface area contributed by atoms with Gasteiger partial charge in [0.05, 0.1) is 39.3 Å². The number of benzene rings is 7. The molecule has 0 amide bonds.